The highest BCUT2D eigenvalue weighted by atomic mass is 32.3. The van der Waals surface area contributed by atoms with Crippen LogP contribution in [0.25, 0.3) is 0 Å². The molecule has 0 aliphatic carbocycles. The quantitative estimate of drug-likeness (QED) is 0.775. The molecule has 1 fully saturated rings. The summed E-state index contributed by atoms with van der Waals surface area (Å²) >= 11 is 0. The van der Waals surface area contributed by atoms with Gasteiger partial charge in [0.15, 0.2) is 0 Å². The third-order valence-electron chi connectivity index (χ3n) is 3.39. The second kappa shape index (κ2) is 5.90. The highest BCUT2D eigenvalue weighted by Gasteiger charge is 2.32. The Kier molecular flexibility index (Phi) is 4.55. The van der Waals surface area contributed by atoms with Crippen LogP contribution in [0.2, 0.25) is 0 Å². The SMILES string of the molecule is CC(C)(C)OC(=O)N1CCC(N2C=CC=CS2(O)O)CC1. The van der Waals surface area contributed by atoms with Crippen molar-refractivity contribution in [2.24, 2.45) is 0 Å². The van der Waals surface area contributed by atoms with Crippen LogP contribution in [0.15, 0.2) is 23.8 Å². The van der Waals surface area contributed by atoms with Gasteiger partial charge in [-0.2, -0.15) is 0 Å². The second-order valence-electron chi connectivity index (χ2n) is 6.29. The van der Waals surface area contributed by atoms with Crippen molar-refractivity contribution in [3.8, 4) is 0 Å². The lowest BCUT2D eigenvalue weighted by molar-refractivity contribution is 0.0185. The molecule has 2 rings (SSSR count). The Morgan fingerprint density at radius 1 is 1.24 bits per heavy atom. The van der Waals surface area contributed by atoms with E-state index in [1.165, 1.54) is 5.41 Å². The Morgan fingerprint density at radius 3 is 2.38 bits per heavy atom. The van der Waals surface area contributed by atoms with Gasteiger partial charge < -0.3 is 9.64 Å². The van der Waals surface area contributed by atoms with Crippen molar-refractivity contribution in [1.29, 1.82) is 0 Å². The standard InChI is InChI=1S/C14H24N2O4S/c1-14(2,3)20-13(17)15-9-6-12(7-10-15)16-8-4-5-11-21(16,18)19/h4-5,8,11-12,18-19H,6-7,9-10H2,1-3H3. The molecule has 0 unspecified atom stereocenters. The van der Waals surface area contributed by atoms with Gasteiger partial charge in [0.2, 0.25) is 0 Å². The molecule has 0 spiro atoms. The maximum absolute atomic E-state index is 12.0. The van der Waals surface area contributed by atoms with E-state index in [1.54, 1.807) is 27.6 Å². The molecule has 2 N–H and O–H groups in total. The van der Waals surface area contributed by atoms with E-state index in [0.29, 0.717) is 25.9 Å². The summed E-state index contributed by atoms with van der Waals surface area (Å²) in [5.41, 5.74) is -0.496. The van der Waals surface area contributed by atoms with Gasteiger partial charge >= 0.3 is 6.09 Å². The topological polar surface area (TPSA) is 73.2 Å². The minimum atomic E-state index is -2.86. The van der Waals surface area contributed by atoms with Crippen molar-refractivity contribution in [2.75, 3.05) is 13.1 Å². The summed E-state index contributed by atoms with van der Waals surface area (Å²) in [6.45, 7) is 6.65. The number of hydrogen-bond acceptors (Lipinski definition) is 5. The van der Waals surface area contributed by atoms with Crippen LogP contribution >= 0.6 is 10.8 Å². The normalized spacial score (nSPS) is 24.0. The van der Waals surface area contributed by atoms with Crippen molar-refractivity contribution in [3.63, 3.8) is 0 Å². The largest absolute Gasteiger partial charge is 0.444 e. The average molecular weight is 316 g/mol. The minimum Gasteiger partial charge on any atom is -0.444 e. The Labute approximate surface area is 127 Å². The number of likely N-dealkylation sites (tertiary alicyclic amines) is 1. The first-order valence-electron chi connectivity index (χ1n) is 7.08. The molecular weight excluding hydrogens is 292 g/mol. The van der Waals surface area contributed by atoms with Crippen LogP contribution in [0.5, 0.6) is 0 Å². The molecule has 0 aromatic rings. The van der Waals surface area contributed by atoms with Crippen LogP contribution in [-0.4, -0.2) is 49.1 Å². The lowest BCUT2D eigenvalue weighted by atomic mass is 10.1. The Balaban J connectivity index is 1.90. The molecule has 2 aliphatic rings. The highest BCUT2D eigenvalue weighted by molar-refractivity contribution is 8.24. The van der Waals surface area contributed by atoms with Gasteiger partial charge in [0.25, 0.3) is 0 Å². The summed E-state index contributed by atoms with van der Waals surface area (Å²) in [6.07, 6.45) is 6.21. The van der Waals surface area contributed by atoms with Gasteiger partial charge in [-0.3, -0.25) is 13.4 Å². The van der Waals surface area contributed by atoms with Crippen LogP contribution in [-0.2, 0) is 4.74 Å². The number of hydrogen-bond donors (Lipinski definition) is 2. The summed E-state index contributed by atoms with van der Waals surface area (Å²) in [6, 6.07) is 0.0230. The van der Waals surface area contributed by atoms with E-state index < -0.39 is 16.4 Å². The highest BCUT2D eigenvalue weighted by Crippen LogP contribution is 2.49. The number of rotatable bonds is 1. The molecule has 120 valence electrons. The molecule has 7 heteroatoms. The van der Waals surface area contributed by atoms with E-state index in [1.807, 2.05) is 20.8 Å². The average Bonchev–Trinajstić information content (AvgIpc) is 2.36. The van der Waals surface area contributed by atoms with Gasteiger partial charge in [-0.25, -0.2) is 4.79 Å². The van der Waals surface area contributed by atoms with E-state index in [2.05, 4.69) is 0 Å². The molecule has 0 atom stereocenters. The summed E-state index contributed by atoms with van der Waals surface area (Å²) < 4.78 is 27.0. The van der Waals surface area contributed by atoms with Crippen molar-refractivity contribution in [2.45, 2.75) is 45.3 Å². The number of piperidine rings is 1. The molecule has 0 saturated carbocycles. The molecule has 0 bridgehead atoms. The summed E-state index contributed by atoms with van der Waals surface area (Å²) in [5, 5.41) is 1.42. The number of carbonyl (C=O) groups is 1. The first-order chi connectivity index (χ1) is 9.69. The first kappa shape index (κ1) is 16.2. The molecular formula is C14H24N2O4S. The smallest absolute Gasteiger partial charge is 0.410 e. The van der Waals surface area contributed by atoms with Crippen LogP contribution < -0.4 is 0 Å². The Morgan fingerprint density at radius 2 is 1.86 bits per heavy atom. The molecule has 2 aliphatic heterocycles. The zero-order valence-corrected chi connectivity index (χ0v) is 13.5. The van der Waals surface area contributed by atoms with Crippen LogP contribution in [0.3, 0.4) is 0 Å². The van der Waals surface area contributed by atoms with Crippen LogP contribution in [0, 0.1) is 0 Å². The Bertz CT molecular complexity index is 448. The summed E-state index contributed by atoms with van der Waals surface area (Å²) in [7, 11) is -2.86. The molecule has 0 radical (unpaired) electrons. The molecule has 0 aromatic carbocycles. The zero-order chi connectivity index (χ0) is 15.7. The Hall–Kier alpha value is -1.18. The summed E-state index contributed by atoms with van der Waals surface area (Å²) in [4.78, 5) is 13.7. The van der Waals surface area contributed by atoms with Gasteiger partial charge in [0.05, 0.1) is 6.04 Å². The number of allylic oxidation sites excluding steroid dienone is 2. The lowest BCUT2D eigenvalue weighted by Crippen LogP contribution is -2.47. The van der Waals surface area contributed by atoms with E-state index in [4.69, 9.17) is 4.74 Å². The maximum Gasteiger partial charge on any atom is 0.410 e. The van der Waals surface area contributed by atoms with Crippen molar-refractivity contribution >= 4 is 16.9 Å². The van der Waals surface area contributed by atoms with Crippen molar-refractivity contribution < 1.29 is 18.6 Å². The van der Waals surface area contributed by atoms with E-state index >= 15 is 0 Å². The monoisotopic (exact) mass is 316 g/mol. The fraction of sp³-hybridized carbons (Fsp3) is 0.643. The third kappa shape index (κ3) is 4.15. The van der Waals surface area contributed by atoms with Crippen LogP contribution in [0.1, 0.15) is 33.6 Å². The molecule has 1 saturated heterocycles. The van der Waals surface area contributed by atoms with E-state index in [0.717, 1.165) is 0 Å². The molecule has 2 heterocycles. The van der Waals surface area contributed by atoms with Gasteiger partial charge in [-0.1, -0.05) is 10.8 Å². The van der Waals surface area contributed by atoms with Crippen molar-refractivity contribution in [3.05, 3.63) is 23.8 Å². The van der Waals surface area contributed by atoms with Gasteiger partial charge in [0, 0.05) is 24.7 Å². The zero-order valence-electron chi connectivity index (χ0n) is 12.7. The first-order valence-corrected chi connectivity index (χ1v) is 8.65. The number of amides is 1. The predicted molar refractivity (Wildman–Crippen MR) is 83.8 cm³/mol. The molecule has 1 amide bonds. The van der Waals surface area contributed by atoms with Gasteiger partial charge in [-0.05, 0) is 45.8 Å². The second-order valence-corrected chi connectivity index (χ2v) is 8.11. The van der Waals surface area contributed by atoms with Crippen LogP contribution in [0.4, 0.5) is 4.79 Å². The lowest BCUT2D eigenvalue weighted by Gasteiger charge is -2.47. The van der Waals surface area contributed by atoms with Gasteiger partial charge in [-0.15, -0.1) is 0 Å². The van der Waals surface area contributed by atoms with E-state index in [-0.39, 0.29) is 12.1 Å². The fourth-order valence-corrected chi connectivity index (χ4v) is 3.76. The molecule has 6 nitrogen and oxygen atoms in total. The van der Waals surface area contributed by atoms with Gasteiger partial charge in [0.1, 0.15) is 5.60 Å². The maximum atomic E-state index is 12.0. The summed E-state index contributed by atoms with van der Waals surface area (Å²) in [5.74, 6) is 0. The van der Waals surface area contributed by atoms with E-state index in [9.17, 15) is 13.9 Å². The fourth-order valence-electron chi connectivity index (χ4n) is 2.42. The molecule has 0 aromatic heterocycles. The molecule has 21 heavy (non-hydrogen) atoms. The minimum absolute atomic E-state index is 0.0230. The van der Waals surface area contributed by atoms with Crippen molar-refractivity contribution in [1.82, 2.24) is 9.21 Å². The number of carbonyl (C=O) groups excluding carboxylic acids is 1. The number of nitrogens with zero attached hydrogens (tertiary/aromatic N) is 2. The number of ether oxygens (including phenoxy) is 1. The predicted octanol–water partition coefficient (Wildman–Crippen LogP) is 3.39. The third-order valence-corrected chi connectivity index (χ3v) is 4.95.